The van der Waals surface area contributed by atoms with Crippen LogP contribution in [0.5, 0.6) is 0 Å². The lowest BCUT2D eigenvalue weighted by atomic mass is 10.1. The monoisotopic (exact) mass is 662 g/mol. The summed E-state index contributed by atoms with van der Waals surface area (Å²) in [5.41, 5.74) is 8.72. The van der Waals surface area contributed by atoms with Gasteiger partial charge in [0, 0.05) is 31.7 Å². The number of nitrogens with one attached hydrogen (secondary N) is 1. The summed E-state index contributed by atoms with van der Waals surface area (Å²) in [6.45, 7) is 4.13. The second-order valence-corrected chi connectivity index (χ2v) is 11.1. The van der Waals surface area contributed by atoms with Gasteiger partial charge in [-0.1, -0.05) is 79.7 Å². The zero-order chi connectivity index (χ0) is 34.6. The van der Waals surface area contributed by atoms with Gasteiger partial charge in [0.2, 0.25) is 0 Å². The molecule has 3 aromatic rings. The van der Waals surface area contributed by atoms with Crippen molar-refractivity contribution in [2.24, 2.45) is 5.73 Å². The third-order valence-electron chi connectivity index (χ3n) is 7.27. The van der Waals surface area contributed by atoms with Crippen molar-refractivity contribution in [3.63, 3.8) is 0 Å². The molecule has 0 fully saturated rings. The van der Waals surface area contributed by atoms with E-state index in [2.05, 4.69) is 5.32 Å². The highest BCUT2D eigenvalue weighted by atomic mass is 16.6. The van der Waals surface area contributed by atoms with E-state index in [9.17, 15) is 19.2 Å². The number of carboxylic acids is 1. The molecule has 0 saturated carbocycles. The van der Waals surface area contributed by atoms with Crippen molar-refractivity contribution < 1.29 is 38.5 Å². The van der Waals surface area contributed by atoms with Crippen LogP contribution in [0.4, 0.5) is 9.59 Å². The van der Waals surface area contributed by atoms with E-state index in [1.165, 1.54) is 0 Å². The predicted octanol–water partition coefficient (Wildman–Crippen LogP) is 5.33. The van der Waals surface area contributed by atoms with Gasteiger partial charge in [-0.05, 0) is 55.5 Å². The first kappa shape index (κ1) is 37.5. The lowest BCUT2D eigenvalue weighted by molar-refractivity contribution is -0.135. The Morgan fingerprint density at radius 1 is 0.750 bits per heavy atom. The molecule has 0 radical (unpaired) electrons. The zero-order valence-corrected chi connectivity index (χ0v) is 27.4. The Morgan fingerprint density at radius 3 is 1.94 bits per heavy atom. The summed E-state index contributed by atoms with van der Waals surface area (Å²) in [5, 5.41) is 11.7. The number of rotatable bonds is 20. The Labute approximate surface area is 281 Å². The molecule has 3 aromatic carbocycles. The van der Waals surface area contributed by atoms with Gasteiger partial charge in [0.25, 0.3) is 0 Å². The summed E-state index contributed by atoms with van der Waals surface area (Å²) in [6, 6.07) is 25.2. The van der Waals surface area contributed by atoms with E-state index in [-0.39, 0.29) is 19.8 Å². The van der Waals surface area contributed by atoms with Crippen molar-refractivity contribution in [1.29, 1.82) is 0 Å². The molecule has 0 heterocycles. The fraction of sp³-hybridized carbons (Fsp3) is 0.389. The van der Waals surface area contributed by atoms with E-state index in [0.29, 0.717) is 69.5 Å². The third-order valence-corrected chi connectivity index (χ3v) is 7.27. The van der Waals surface area contributed by atoms with Crippen molar-refractivity contribution in [3.05, 3.63) is 107 Å². The van der Waals surface area contributed by atoms with Crippen LogP contribution in [0.2, 0.25) is 0 Å². The van der Waals surface area contributed by atoms with Crippen LogP contribution in [0.15, 0.2) is 84.9 Å². The molecule has 12 nitrogen and oxygen atoms in total. The molecule has 0 aliphatic carbocycles. The van der Waals surface area contributed by atoms with Crippen molar-refractivity contribution in [3.8, 4) is 0 Å². The number of amides is 2. The predicted molar refractivity (Wildman–Crippen MR) is 180 cm³/mol. The van der Waals surface area contributed by atoms with Crippen molar-refractivity contribution in [2.45, 2.75) is 52.0 Å². The van der Waals surface area contributed by atoms with E-state index in [1.54, 1.807) is 34.1 Å². The number of carboxylic acid groups (broad SMARTS) is 1. The number of hydrogen-bond acceptors (Lipinski definition) is 9. The van der Waals surface area contributed by atoms with E-state index in [0.717, 1.165) is 11.1 Å². The van der Waals surface area contributed by atoms with Crippen LogP contribution in [0, 0.1) is 0 Å². The van der Waals surface area contributed by atoms with E-state index in [1.807, 2.05) is 67.6 Å². The van der Waals surface area contributed by atoms with Gasteiger partial charge in [0.1, 0.15) is 13.2 Å². The SMILES string of the molecule is CCCN(CCCCN(CCCNCC(=O)O)C(=O)OCc1ccccc1)C(=O)OC(N)c1cccc(C(=O)OCc2ccccc2)c1. The van der Waals surface area contributed by atoms with Crippen LogP contribution in [0.1, 0.15) is 65.9 Å². The first-order valence-corrected chi connectivity index (χ1v) is 16.2. The number of unbranched alkanes of at least 4 members (excludes halogenated alkanes) is 1. The highest BCUT2D eigenvalue weighted by molar-refractivity contribution is 5.89. The minimum Gasteiger partial charge on any atom is -0.480 e. The largest absolute Gasteiger partial charge is 0.480 e. The Morgan fingerprint density at radius 2 is 1.33 bits per heavy atom. The second kappa shape index (κ2) is 21.0. The number of nitrogens with zero attached hydrogens (tertiary/aromatic N) is 2. The molecule has 258 valence electrons. The van der Waals surface area contributed by atoms with Crippen LogP contribution in [-0.2, 0) is 32.2 Å². The molecule has 0 bridgehead atoms. The normalized spacial score (nSPS) is 11.3. The molecule has 1 unspecified atom stereocenters. The van der Waals surface area contributed by atoms with Crippen LogP contribution in [0.25, 0.3) is 0 Å². The number of nitrogens with two attached hydrogens (primary N) is 1. The molecule has 0 spiro atoms. The van der Waals surface area contributed by atoms with Crippen LogP contribution in [0.3, 0.4) is 0 Å². The number of aliphatic carboxylic acids is 1. The lowest BCUT2D eigenvalue weighted by Gasteiger charge is -2.25. The summed E-state index contributed by atoms with van der Waals surface area (Å²) in [4.78, 5) is 52.6. The van der Waals surface area contributed by atoms with Crippen molar-refractivity contribution in [1.82, 2.24) is 15.1 Å². The smallest absolute Gasteiger partial charge is 0.411 e. The highest BCUT2D eigenvalue weighted by Crippen LogP contribution is 2.17. The van der Waals surface area contributed by atoms with Gasteiger partial charge in [-0.3, -0.25) is 10.5 Å². The highest BCUT2D eigenvalue weighted by Gasteiger charge is 2.21. The Balaban J connectivity index is 1.50. The second-order valence-electron chi connectivity index (χ2n) is 11.1. The summed E-state index contributed by atoms with van der Waals surface area (Å²) < 4.78 is 16.5. The summed E-state index contributed by atoms with van der Waals surface area (Å²) in [5.74, 6) is -1.46. The molecule has 0 saturated heterocycles. The number of carbonyl (C=O) groups excluding carboxylic acids is 3. The lowest BCUT2D eigenvalue weighted by Crippen LogP contribution is -2.37. The molecular weight excluding hydrogens is 616 g/mol. The number of benzene rings is 3. The average Bonchev–Trinajstić information content (AvgIpc) is 3.10. The zero-order valence-electron chi connectivity index (χ0n) is 27.4. The van der Waals surface area contributed by atoms with Gasteiger partial charge in [-0.25, -0.2) is 14.4 Å². The molecule has 4 N–H and O–H groups in total. The maximum Gasteiger partial charge on any atom is 0.411 e. The maximum absolute atomic E-state index is 13.1. The number of hydrogen-bond donors (Lipinski definition) is 3. The molecule has 0 aliphatic heterocycles. The van der Waals surface area contributed by atoms with Gasteiger partial charge in [-0.2, -0.15) is 0 Å². The summed E-state index contributed by atoms with van der Waals surface area (Å²) in [7, 11) is 0. The Bertz CT molecular complexity index is 1420. The fourth-order valence-corrected chi connectivity index (χ4v) is 4.77. The maximum atomic E-state index is 13.1. The molecule has 3 rings (SSSR count). The van der Waals surface area contributed by atoms with Crippen LogP contribution >= 0.6 is 0 Å². The van der Waals surface area contributed by atoms with Crippen LogP contribution < -0.4 is 11.1 Å². The number of carbonyl (C=O) groups is 4. The van der Waals surface area contributed by atoms with E-state index in [4.69, 9.17) is 25.1 Å². The number of esters is 1. The minimum atomic E-state index is -1.09. The first-order valence-electron chi connectivity index (χ1n) is 16.2. The summed E-state index contributed by atoms with van der Waals surface area (Å²) in [6.07, 6.45) is 0.301. The van der Waals surface area contributed by atoms with Gasteiger partial charge in [-0.15, -0.1) is 0 Å². The van der Waals surface area contributed by atoms with E-state index < -0.39 is 30.4 Å². The average molecular weight is 663 g/mol. The van der Waals surface area contributed by atoms with Gasteiger partial charge in [0.15, 0.2) is 6.23 Å². The molecule has 48 heavy (non-hydrogen) atoms. The van der Waals surface area contributed by atoms with Crippen molar-refractivity contribution >= 4 is 24.1 Å². The van der Waals surface area contributed by atoms with E-state index >= 15 is 0 Å². The quantitative estimate of drug-likeness (QED) is 0.0624. The van der Waals surface area contributed by atoms with Crippen molar-refractivity contribution in [2.75, 3.05) is 39.3 Å². The minimum absolute atomic E-state index is 0.132. The Kier molecular flexibility index (Phi) is 16.4. The standard InChI is InChI=1S/C36H46N4O8/c1-2-20-39(36(45)48-33(37)30-17-11-18-31(24-30)34(43)46-26-28-13-5-3-6-14-28)21-9-10-22-40(23-12-19-38-25-32(41)42)35(44)47-27-29-15-7-4-8-16-29/h3-8,11,13-18,24,33,38H,2,9-10,12,19-23,25-27,37H2,1H3,(H,41,42). The third kappa shape index (κ3) is 13.8. The molecule has 0 aliphatic rings. The summed E-state index contributed by atoms with van der Waals surface area (Å²) >= 11 is 0. The van der Waals surface area contributed by atoms with Gasteiger partial charge < -0.3 is 34.4 Å². The fourth-order valence-electron chi connectivity index (χ4n) is 4.77. The van der Waals surface area contributed by atoms with Gasteiger partial charge in [0.05, 0.1) is 12.1 Å². The molecular formula is C36H46N4O8. The first-order chi connectivity index (χ1) is 23.3. The van der Waals surface area contributed by atoms with Crippen LogP contribution in [-0.4, -0.2) is 78.3 Å². The molecule has 12 heteroatoms. The Hall–Kier alpha value is -4.94. The number of ether oxygens (including phenoxy) is 3. The molecule has 2 amide bonds. The van der Waals surface area contributed by atoms with Gasteiger partial charge >= 0.3 is 24.1 Å². The molecule has 1 atom stereocenters. The topological polar surface area (TPSA) is 161 Å². The molecule has 0 aromatic heterocycles.